The van der Waals surface area contributed by atoms with E-state index >= 15 is 0 Å². The summed E-state index contributed by atoms with van der Waals surface area (Å²) in [6.07, 6.45) is -0.418. The van der Waals surface area contributed by atoms with Crippen LogP contribution in [0, 0.1) is 0 Å². The first-order chi connectivity index (χ1) is 9.05. The van der Waals surface area contributed by atoms with Crippen molar-refractivity contribution in [3.05, 3.63) is 0 Å². The van der Waals surface area contributed by atoms with Crippen molar-refractivity contribution < 1.29 is 42.6 Å². The smallest absolute Gasteiger partial charge is 0.277 e. The fourth-order valence-corrected chi connectivity index (χ4v) is 2.10. The molecule has 0 bridgehead atoms. The van der Waals surface area contributed by atoms with Gasteiger partial charge in [0.15, 0.2) is 5.25 Å². The molecule has 0 spiro atoms. The maximum absolute atomic E-state index is 10.7. The van der Waals surface area contributed by atoms with Crippen LogP contribution in [0.5, 0.6) is 0 Å². The van der Waals surface area contributed by atoms with E-state index in [0.29, 0.717) is 0 Å². The van der Waals surface area contributed by atoms with Crippen molar-refractivity contribution in [1.82, 2.24) is 10.1 Å². The van der Waals surface area contributed by atoms with Gasteiger partial charge in [0.1, 0.15) is 0 Å². The molecule has 112 valence electrons. The quantitative estimate of drug-likeness (QED) is 0.279. The number of imide groups is 2. The Morgan fingerprint density at radius 1 is 0.900 bits per heavy atom. The highest BCUT2D eigenvalue weighted by atomic mass is 32.2. The van der Waals surface area contributed by atoms with Crippen molar-refractivity contribution >= 4 is 33.7 Å². The van der Waals surface area contributed by atoms with Gasteiger partial charge in [0.25, 0.3) is 33.7 Å². The molecule has 2 aliphatic rings. The molecule has 2 fully saturated rings. The summed E-state index contributed by atoms with van der Waals surface area (Å²) in [7, 11) is -4.59. The van der Waals surface area contributed by atoms with Gasteiger partial charge >= 0.3 is 0 Å². The first kappa shape index (κ1) is 16.2. The van der Waals surface area contributed by atoms with Gasteiger partial charge in [-0.05, 0) is 0 Å². The van der Waals surface area contributed by atoms with Crippen molar-refractivity contribution in [2.75, 3.05) is 0 Å². The van der Waals surface area contributed by atoms with Crippen molar-refractivity contribution in [1.29, 1.82) is 0 Å². The van der Waals surface area contributed by atoms with Crippen LogP contribution in [-0.4, -0.2) is 62.4 Å². The number of rotatable bonds is 1. The number of nitrogens with zero attached hydrogens (tertiary/aromatic N) is 2. The number of carbonyl (C=O) groups excluding carboxylic acids is 4. The molecule has 20 heavy (non-hydrogen) atoms. The normalized spacial score (nSPS) is 23.2. The largest absolute Gasteiger partial charge is 0.285 e. The number of hydroxylamine groups is 4. The van der Waals surface area contributed by atoms with Gasteiger partial charge in [0, 0.05) is 12.8 Å². The lowest BCUT2D eigenvalue weighted by Gasteiger charge is -2.02. The average molecular weight is 310 g/mol. The van der Waals surface area contributed by atoms with E-state index < -0.39 is 45.4 Å². The van der Waals surface area contributed by atoms with Gasteiger partial charge in [-0.15, -0.1) is 0 Å². The van der Waals surface area contributed by atoms with Crippen molar-refractivity contribution in [3.63, 3.8) is 0 Å². The third-order valence-corrected chi connectivity index (χ3v) is 3.55. The maximum atomic E-state index is 10.7. The number of hydrogen-bond acceptors (Lipinski definition) is 8. The van der Waals surface area contributed by atoms with Crippen LogP contribution in [0.3, 0.4) is 0 Å². The third-order valence-electron chi connectivity index (χ3n) is 2.47. The minimum Gasteiger partial charge on any atom is -0.285 e. The molecule has 12 heteroatoms. The Kier molecular flexibility index (Phi) is 4.54. The van der Waals surface area contributed by atoms with E-state index in [2.05, 4.69) is 0 Å². The van der Waals surface area contributed by atoms with Crippen LogP contribution in [0.15, 0.2) is 0 Å². The Morgan fingerprint density at radius 3 is 1.50 bits per heavy atom. The lowest BCUT2D eigenvalue weighted by Crippen LogP contribution is -2.32. The summed E-state index contributed by atoms with van der Waals surface area (Å²) in [5.41, 5.74) is 0. The van der Waals surface area contributed by atoms with E-state index in [1.165, 1.54) is 0 Å². The molecule has 0 aromatic carbocycles. The molecule has 0 aromatic rings. The van der Waals surface area contributed by atoms with Gasteiger partial charge in [-0.3, -0.25) is 34.1 Å². The van der Waals surface area contributed by atoms with Crippen LogP contribution < -0.4 is 0 Å². The Hall–Kier alpha value is -1.89. The first-order valence-corrected chi connectivity index (χ1v) is 6.62. The molecule has 4 amide bonds. The molecule has 2 saturated heterocycles. The van der Waals surface area contributed by atoms with E-state index in [9.17, 15) is 27.6 Å². The fourth-order valence-electron chi connectivity index (χ4n) is 1.39. The molecule has 0 radical (unpaired) electrons. The molecule has 0 aliphatic carbocycles. The zero-order chi connectivity index (χ0) is 15.7. The monoisotopic (exact) mass is 310 g/mol. The molecule has 3 N–H and O–H groups in total. The minimum absolute atomic E-state index is 0.148. The lowest BCUT2D eigenvalue weighted by molar-refractivity contribution is -0.172. The fraction of sp³-hybridized carbons (Fsp3) is 0.500. The highest BCUT2D eigenvalue weighted by Crippen LogP contribution is 2.16. The predicted molar refractivity (Wildman–Crippen MR) is 56.5 cm³/mol. The summed E-state index contributed by atoms with van der Waals surface area (Å²) in [6.45, 7) is 0. The number of carbonyl (C=O) groups is 4. The van der Waals surface area contributed by atoms with Gasteiger partial charge in [-0.1, -0.05) is 0 Å². The summed E-state index contributed by atoms with van der Waals surface area (Å²) in [5, 5.41) is 15.0. The van der Waals surface area contributed by atoms with Crippen LogP contribution in [-0.2, 0) is 29.3 Å². The number of amides is 4. The van der Waals surface area contributed by atoms with E-state index in [1.807, 2.05) is 0 Å². The zero-order valence-corrected chi connectivity index (χ0v) is 10.6. The van der Waals surface area contributed by atoms with Crippen LogP contribution in [0.25, 0.3) is 0 Å². The Labute approximate surface area is 112 Å². The van der Waals surface area contributed by atoms with Gasteiger partial charge in [0.05, 0.1) is 6.42 Å². The van der Waals surface area contributed by atoms with Crippen molar-refractivity contribution in [2.45, 2.75) is 24.5 Å². The molecule has 2 aliphatic heterocycles. The average Bonchev–Trinajstić information content (AvgIpc) is 2.77. The van der Waals surface area contributed by atoms with Crippen LogP contribution in [0.1, 0.15) is 19.3 Å². The topological polar surface area (TPSA) is 170 Å². The zero-order valence-electron chi connectivity index (χ0n) is 9.79. The summed E-state index contributed by atoms with van der Waals surface area (Å²) in [5.74, 6) is -3.37. The molecule has 2 heterocycles. The molecule has 11 nitrogen and oxygen atoms in total. The van der Waals surface area contributed by atoms with Gasteiger partial charge in [-0.2, -0.15) is 18.5 Å². The predicted octanol–water partition coefficient (Wildman–Crippen LogP) is -2.08. The summed E-state index contributed by atoms with van der Waals surface area (Å²) >= 11 is 0. The molecular weight excluding hydrogens is 300 g/mol. The molecule has 1 unspecified atom stereocenters. The van der Waals surface area contributed by atoms with Crippen molar-refractivity contribution in [2.24, 2.45) is 0 Å². The molecule has 2 rings (SSSR count). The molecule has 0 aromatic heterocycles. The van der Waals surface area contributed by atoms with E-state index in [4.69, 9.17) is 15.0 Å². The highest BCUT2D eigenvalue weighted by Gasteiger charge is 2.45. The first-order valence-electron chi connectivity index (χ1n) is 5.12. The van der Waals surface area contributed by atoms with E-state index in [-0.39, 0.29) is 23.0 Å². The van der Waals surface area contributed by atoms with Crippen molar-refractivity contribution in [3.8, 4) is 0 Å². The second-order valence-corrected chi connectivity index (χ2v) is 5.45. The maximum Gasteiger partial charge on any atom is 0.277 e. The molecule has 1 atom stereocenters. The SMILES string of the molecule is O=C1CC(S(=O)(=O)O)C(=O)N1O.O=C1CCC(=O)N1O. The van der Waals surface area contributed by atoms with E-state index in [0.717, 1.165) is 0 Å². The Bertz CT molecular complexity index is 552. The molecule has 0 saturated carbocycles. The Balaban J connectivity index is 0.000000217. The van der Waals surface area contributed by atoms with Crippen LogP contribution in [0.2, 0.25) is 0 Å². The highest BCUT2D eigenvalue weighted by molar-refractivity contribution is 7.87. The third kappa shape index (κ3) is 3.36. The van der Waals surface area contributed by atoms with Crippen LogP contribution in [0.4, 0.5) is 0 Å². The standard InChI is InChI=1S/C4H5NO6S.C4H5NO3/c6-3-1-2(12(9,10)11)4(7)5(3)8;6-3-1-2-4(7)5(3)8/h2,8H,1H2,(H,9,10,11);8H,1-2H2. The Morgan fingerprint density at radius 2 is 1.35 bits per heavy atom. The summed E-state index contributed by atoms with van der Waals surface area (Å²) in [6, 6.07) is 0. The van der Waals surface area contributed by atoms with Gasteiger partial charge in [-0.25, -0.2) is 0 Å². The summed E-state index contributed by atoms with van der Waals surface area (Å²) < 4.78 is 29.1. The molecular formula is C8H10N2O9S. The minimum atomic E-state index is -4.59. The summed E-state index contributed by atoms with van der Waals surface area (Å²) in [4.78, 5) is 41.7. The second kappa shape index (κ2) is 5.62. The van der Waals surface area contributed by atoms with Gasteiger partial charge in [0.2, 0.25) is 0 Å². The van der Waals surface area contributed by atoms with Gasteiger partial charge < -0.3 is 0 Å². The van der Waals surface area contributed by atoms with E-state index in [1.54, 1.807) is 0 Å². The number of hydrogen-bond donors (Lipinski definition) is 3. The lowest BCUT2D eigenvalue weighted by atomic mass is 10.4. The second-order valence-electron chi connectivity index (χ2n) is 3.85. The van der Waals surface area contributed by atoms with Crippen LogP contribution >= 0.6 is 0 Å².